The number of hydrogen-bond acceptors (Lipinski definition) is 4. The number of likely N-dealkylation sites (tertiary alicyclic amines) is 1. The van der Waals surface area contributed by atoms with Crippen molar-refractivity contribution >= 4 is 11.6 Å². The molecule has 1 aliphatic heterocycles. The Morgan fingerprint density at radius 1 is 1.55 bits per heavy atom. The summed E-state index contributed by atoms with van der Waals surface area (Å²) in [6.45, 7) is 3.18. The minimum Gasteiger partial charge on any atom is -0.334 e. The quantitative estimate of drug-likeness (QED) is 0.671. The van der Waals surface area contributed by atoms with Crippen LogP contribution in [0.5, 0.6) is 0 Å². The van der Waals surface area contributed by atoms with E-state index in [1.165, 1.54) is 6.07 Å². The summed E-state index contributed by atoms with van der Waals surface area (Å²) in [5.41, 5.74) is 1.09. The molecule has 1 unspecified atom stereocenters. The van der Waals surface area contributed by atoms with Gasteiger partial charge in [-0.2, -0.15) is 0 Å². The average molecular weight is 277 g/mol. The predicted octanol–water partition coefficient (Wildman–Crippen LogP) is 1.73. The van der Waals surface area contributed by atoms with Gasteiger partial charge in [-0.15, -0.1) is 0 Å². The molecule has 1 aromatic rings. The Balaban J connectivity index is 2.21. The van der Waals surface area contributed by atoms with Gasteiger partial charge >= 0.3 is 0 Å². The van der Waals surface area contributed by atoms with Gasteiger partial charge in [0.1, 0.15) is 0 Å². The normalized spacial score (nSPS) is 18.3. The first-order valence-electron chi connectivity index (χ1n) is 6.75. The highest BCUT2D eigenvalue weighted by Crippen LogP contribution is 2.23. The number of nitrogens with zero attached hydrogens (tertiary/aromatic N) is 2. The number of benzene rings is 1. The molecular formula is C14H19N3O3. The fourth-order valence-electron chi connectivity index (χ4n) is 2.71. The molecule has 6 heteroatoms. The largest absolute Gasteiger partial charge is 0.334 e. The van der Waals surface area contributed by atoms with E-state index in [0.29, 0.717) is 11.1 Å². The van der Waals surface area contributed by atoms with Gasteiger partial charge in [-0.3, -0.25) is 14.9 Å². The number of hydrogen-bond donors (Lipinski definition) is 1. The summed E-state index contributed by atoms with van der Waals surface area (Å²) in [6, 6.07) is 4.77. The Morgan fingerprint density at radius 3 is 2.90 bits per heavy atom. The molecule has 1 atom stereocenters. The van der Waals surface area contributed by atoms with Crippen LogP contribution in [0, 0.1) is 17.0 Å². The number of amides is 1. The van der Waals surface area contributed by atoms with Crippen molar-refractivity contribution in [3.8, 4) is 0 Å². The molecule has 0 radical (unpaired) electrons. The van der Waals surface area contributed by atoms with Gasteiger partial charge in [0.25, 0.3) is 11.6 Å². The molecule has 6 nitrogen and oxygen atoms in total. The minimum absolute atomic E-state index is 0.0410. The maximum absolute atomic E-state index is 12.5. The summed E-state index contributed by atoms with van der Waals surface area (Å²) < 4.78 is 0. The van der Waals surface area contributed by atoms with Gasteiger partial charge in [-0.25, -0.2) is 0 Å². The van der Waals surface area contributed by atoms with Gasteiger partial charge in [0, 0.05) is 36.3 Å². The third kappa shape index (κ3) is 2.80. The third-order valence-corrected chi connectivity index (χ3v) is 3.72. The number of carbonyl (C=O) groups excluding carboxylic acids is 1. The molecule has 0 aliphatic carbocycles. The lowest BCUT2D eigenvalue weighted by Gasteiger charge is -2.24. The van der Waals surface area contributed by atoms with Crippen molar-refractivity contribution in [2.75, 3.05) is 20.1 Å². The average Bonchev–Trinajstić information content (AvgIpc) is 2.86. The molecule has 0 saturated carbocycles. The van der Waals surface area contributed by atoms with Crippen LogP contribution >= 0.6 is 0 Å². The van der Waals surface area contributed by atoms with Crippen LogP contribution < -0.4 is 5.32 Å². The number of rotatable bonds is 4. The van der Waals surface area contributed by atoms with Crippen molar-refractivity contribution in [1.82, 2.24) is 10.2 Å². The number of nitro benzene ring substituents is 1. The van der Waals surface area contributed by atoms with Gasteiger partial charge < -0.3 is 10.2 Å². The molecule has 1 fully saturated rings. The molecule has 2 rings (SSSR count). The van der Waals surface area contributed by atoms with Crippen LogP contribution in [-0.4, -0.2) is 41.9 Å². The van der Waals surface area contributed by atoms with Crippen molar-refractivity contribution in [2.24, 2.45) is 0 Å². The fraction of sp³-hybridized carbons (Fsp3) is 0.500. The van der Waals surface area contributed by atoms with Gasteiger partial charge in [0.05, 0.1) is 4.92 Å². The molecule has 1 aromatic carbocycles. The maximum atomic E-state index is 12.5. The molecular weight excluding hydrogens is 258 g/mol. The van der Waals surface area contributed by atoms with E-state index in [9.17, 15) is 14.9 Å². The van der Waals surface area contributed by atoms with Crippen molar-refractivity contribution in [3.05, 3.63) is 39.4 Å². The molecule has 0 bridgehead atoms. The van der Waals surface area contributed by atoms with Crippen LogP contribution in [0.15, 0.2) is 18.2 Å². The van der Waals surface area contributed by atoms with Crippen LogP contribution in [0.1, 0.15) is 28.8 Å². The van der Waals surface area contributed by atoms with E-state index in [4.69, 9.17) is 0 Å². The number of likely N-dealkylation sites (N-methyl/N-ethyl adjacent to an activating group) is 1. The lowest BCUT2D eigenvalue weighted by atomic mass is 10.1. The van der Waals surface area contributed by atoms with Crippen molar-refractivity contribution in [3.63, 3.8) is 0 Å². The molecule has 0 aromatic heterocycles. The SMILES string of the molecule is CNCC1CCCN1C(=O)c1ccc([N+](=O)[O-])c(C)c1. The van der Waals surface area contributed by atoms with Crippen LogP contribution in [0.25, 0.3) is 0 Å². The molecule has 20 heavy (non-hydrogen) atoms. The second kappa shape index (κ2) is 6.00. The third-order valence-electron chi connectivity index (χ3n) is 3.72. The second-order valence-corrected chi connectivity index (χ2v) is 5.11. The summed E-state index contributed by atoms with van der Waals surface area (Å²) in [7, 11) is 1.87. The summed E-state index contributed by atoms with van der Waals surface area (Å²) >= 11 is 0. The van der Waals surface area contributed by atoms with Crippen molar-refractivity contribution in [1.29, 1.82) is 0 Å². The zero-order chi connectivity index (χ0) is 14.7. The van der Waals surface area contributed by atoms with Gasteiger partial charge in [-0.1, -0.05) is 0 Å². The number of nitrogens with one attached hydrogen (secondary N) is 1. The number of aryl methyl sites for hydroxylation is 1. The first kappa shape index (κ1) is 14.5. The van der Waals surface area contributed by atoms with E-state index in [-0.39, 0.29) is 17.6 Å². The monoisotopic (exact) mass is 277 g/mol. The second-order valence-electron chi connectivity index (χ2n) is 5.11. The minimum atomic E-state index is -0.427. The van der Waals surface area contributed by atoms with Crippen LogP contribution in [0.2, 0.25) is 0 Å². The summed E-state index contributed by atoms with van der Waals surface area (Å²) in [6.07, 6.45) is 2.00. The van der Waals surface area contributed by atoms with E-state index in [2.05, 4.69) is 5.32 Å². The highest BCUT2D eigenvalue weighted by atomic mass is 16.6. The van der Waals surface area contributed by atoms with E-state index in [1.807, 2.05) is 11.9 Å². The lowest BCUT2D eigenvalue weighted by Crippen LogP contribution is -2.40. The Hall–Kier alpha value is -1.95. The molecule has 1 N–H and O–H groups in total. The highest BCUT2D eigenvalue weighted by Gasteiger charge is 2.29. The zero-order valence-electron chi connectivity index (χ0n) is 11.8. The van der Waals surface area contributed by atoms with Gasteiger partial charge in [0.15, 0.2) is 0 Å². The lowest BCUT2D eigenvalue weighted by molar-refractivity contribution is -0.385. The van der Waals surface area contributed by atoms with Crippen LogP contribution in [-0.2, 0) is 0 Å². The fourth-order valence-corrected chi connectivity index (χ4v) is 2.71. The van der Waals surface area contributed by atoms with Crippen molar-refractivity contribution in [2.45, 2.75) is 25.8 Å². The number of nitro groups is 1. The van der Waals surface area contributed by atoms with Crippen molar-refractivity contribution < 1.29 is 9.72 Å². The topological polar surface area (TPSA) is 75.5 Å². The summed E-state index contributed by atoms with van der Waals surface area (Å²) in [4.78, 5) is 24.7. The van der Waals surface area contributed by atoms with E-state index in [0.717, 1.165) is 25.9 Å². The van der Waals surface area contributed by atoms with Crippen LogP contribution in [0.4, 0.5) is 5.69 Å². The Labute approximate surface area is 117 Å². The Bertz CT molecular complexity index is 530. The molecule has 1 saturated heterocycles. The van der Waals surface area contributed by atoms with E-state index >= 15 is 0 Å². The molecule has 0 spiro atoms. The van der Waals surface area contributed by atoms with Gasteiger partial charge in [-0.05, 0) is 38.9 Å². The predicted molar refractivity (Wildman–Crippen MR) is 75.8 cm³/mol. The van der Waals surface area contributed by atoms with E-state index in [1.54, 1.807) is 19.1 Å². The molecule has 1 aliphatic rings. The molecule has 1 heterocycles. The Kier molecular flexibility index (Phi) is 4.34. The number of carbonyl (C=O) groups is 1. The summed E-state index contributed by atoms with van der Waals surface area (Å²) in [5.74, 6) is -0.0410. The Morgan fingerprint density at radius 2 is 2.30 bits per heavy atom. The first-order valence-corrected chi connectivity index (χ1v) is 6.75. The molecule has 108 valence electrons. The van der Waals surface area contributed by atoms with Gasteiger partial charge in [0.2, 0.25) is 0 Å². The first-order chi connectivity index (χ1) is 9.54. The molecule has 1 amide bonds. The standard InChI is InChI=1S/C14H19N3O3/c1-10-8-11(5-6-13(10)17(19)20)14(18)16-7-3-4-12(16)9-15-2/h5-6,8,12,15H,3-4,7,9H2,1-2H3. The smallest absolute Gasteiger partial charge is 0.272 e. The van der Waals surface area contributed by atoms with Crippen LogP contribution in [0.3, 0.4) is 0 Å². The maximum Gasteiger partial charge on any atom is 0.272 e. The zero-order valence-corrected chi connectivity index (χ0v) is 11.8. The van der Waals surface area contributed by atoms with E-state index < -0.39 is 4.92 Å². The highest BCUT2D eigenvalue weighted by molar-refractivity contribution is 5.95. The summed E-state index contributed by atoms with van der Waals surface area (Å²) in [5, 5.41) is 13.9.